The third-order valence-corrected chi connectivity index (χ3v) is 3.16. The summed E-state index contributed by atoms with van der Waals surface area (Å²) in [5.74, 6) is 0.0338. The van der Waals surface area contributed by atoms with Crippen molar-refractivity contribution in [3.8, 4) is 0 Å². The molecule has 0 fully saturated rings. The smallest absolute Gasteiger partial charge is 0.258 e. The van der Waals surface area contributed by atoms with E-state index in [9.17, 15) is 4.79 Å². The molecular weight excluding hydrogens is 248 g/mol. The van der Waals surface area contributed by atoms with E-state index in [0.717, 1.165) is 17.8 Å². The average Bonchev–Trinajstić information content (AvgIpc) is 2.48. The minimum atomic E-state index is 0.0338. The number of hydrogen-bond donors (Lipinski definition) is 1. The number of benzene rings is 2. The number of carbonyl (C=O) groups is 1. The van der Waals surface area contributed by atoms with Crippen LogP contribution in [0.5, 0.6) is 0 Å². The van der Waals surface area contributed by atoms with Gasteiger partial charge in [-0.3, -0.25) is 4.79 Å². The second-order valence-electron chi connectivity index (χ2n) is 4.77. The number of amides is 1. The second-order valence-corrected chi connectivity index (χ2v) is 4.77. The zero-order valence-electron chi connectivity index (χ0n) is 12.0. The lowest BCUT2D eigenvalue weighted by atomic mass is 10.1. The maximum Gasteiger partial charge on any atom is 0.258 e. The van der Waals surface area contributed by atoms with Crippen molar-refractivity contribution in [1.82, 2.24) is 5.32 Å². The van der Waals surface area contributed by atoms with Gasteiger partial charge < -0.3 is 10.2 Å². The lowest BCUT2D eigenvalue weighted by Crippen LogP contribution is -2.36. The first-order valence-corrected chi connectivity index (χ1v) is 6.80. The summed E-state index contributed by atoms with van der Waals surface area (Å²) in [7, 11) is 1.89. The van der Waals surface area contributed by atoms with Crippen molar-refractivity contribution < 1.29 is 4.79 Å². The lowest BCUT2D eigenvalue weighted by molar-refractivity contribution is 0.0987. The van der Waals surface area contributed by atoms with Crippen molar-refractivity contribution in [2.75, 3.05) is 25.0 Å². The van der Waals surface area contributed by atoms with E-state index in [-0.39, 0.29) is 5.91 Å². The van der Waals surface area contributed by atoms with Gasteiger partial charge in [0, 0.05) is 24.3 Å². The zero-order chi connectivity index (χ0) is 14.4. The van der Waals surface area contributed by atoms with E-state index in [1.807, 2.05) is 73.5 Å². The van der Waals surface area contributed by atoms with Crippen LogP contribution in [0.2, 0.25) is 0 Å². The number of nitrogens with one attached hydrogen (secondary N) is 1. The minimum Gasteiger partial charge on any atom is -0.318 e. The van der Waals surface area contributed by atoms with Crippen LogP contribution < -0.4 is 10.2 Å². The molecule has 0 aliphatic carbocycles. The van der Waals surface area contributed by atoms with Crippen molar-refractivity contribution in [3.63, 3.8) is 0 Å². The van der Waals surface area contributed by atoms with E-state index in [4.69, 9.17) is 0 Å². The van der Waals surface area contributed by atoms with Gasteiger partial charge in [0.05, 0.1) is 0 Å². The van der Waals surface area contributed by atoms with Crippen LogP contribution in [0.15, 0.2) is 54.6 Å². The number of hydrogen-bond acceptors (Lipinski definition) is 2. The Balaban J connectivity index is 2.30. The molecule has 104 valence electrons. The van der Waals surface area contributed by atoms with Gasteiger partial charge in [-0.1, -0.05) is 30.3 Å². The molecule has 1 N–H and O–H groups in total. The Kier molecular flexibility index (Phi) is 4.91. The highest BCUT2D eigenvalue weighted by molar-refractivity contribution is 6.06. The highest BCUT2D eigenvalue weighted by atomic mass is 16.2. The van der Waals surface area contributed by atoms with Crippen molar-refractivity contribution in [3.05, 3.63) is 65.7 Å². The number of anilines is 1. The molecule has 0 aliphatic heterocycles. The fourth-order valence-electron chi connectivity index (χ4n) is 2.10. The second kappa shape index (κ2) is 6.87. The maximum absolute atomic E-state index is 12.7. The van der Waals surface area contributed by atoms with Gasteiger partial charge in [0.15, 0.2) is 0 Å². The van der Waals surface area contributed by atoms with Crippen LogP contribution in [0, 0.1) is 6.92 Å². The SMILES string of the molecule is CNCCN(C(=O)c1ccccc1)c1cccc(C)c1. The first-order valence-electron chi connectivity index (χ1n) is 6.80. The molecule has 1 amide bonds. The number of rotatable bonds is 5. The Morgan fingerprint density at radius 2 is 1.85 bits per heavy atom. The Morgan fingerprint density at radius 3 is 2.50 bits per heavy atom. The minimum absolute atomic E-state index is 0.0338. The molecule has 3 heteroatoms. The molecule has 0 atom stereocenters. The van der Waals surface area contributed by atoms with Gasteiger partial charge >= 0.3 is 0 Å². The molecule has 0 aliphatic rings. The number of nitrogens with zero attached hydrogens (tertiary/aromatic N) is 1. The van der Waals surface area contributed by atoms with Gasteiger partial charge in [-0.05, 0) is 43.8 Å². The monoisotopic (exact) mass is 268 g/mol. The topological polar surface area (TPSA) is 32.3 Å². The van der Waals surface area contributed by atoms with Crippen LogP contribution in [0.1, 0.15) is 15.9 Å². The van der Waals surface area contributed by atoms with Crippen molar-refractivity contribution in [1.29, 1.82) is 0 Å². The third-order valence-electron chi connectivity index (χ3n) is 3.16. The van der Waals surface area contributed by atoms with E-state index in [1.54, 1.807) is 0 Å². The average molecular weight is 268 g/mol. The van der Waals surface area contributed by atoms with Gasteiger partial charge in [-0.15, -0.1) is 0 Å². The fraction of sp³-hybridized carbons (Fsp3) is 0.235. The standard InChI is InChI=1S/C17H20N2O/c1-14-7-6-10-16(13-14)19(12-11-18-2)17(20)15-8-4-3-5-9-15/h3-10,13,18H,11-12H2,1-2H3. The third kappa shape index (κ3) is 3.45. The molecular formula is C17H20N2O. The summed E-state index contributed by atoms with van der Waals surface area (Å²) in [5, 5.41) is 3.09. The Hall–Kier alpha value is -2.13. The van der Waals surface area contributed by atoms with Crippen LogP contribution >= 0.6 is 0 Å². The van der Waals surface area contributed by atoms with Crippen LogP contribution in [-0.2, 0) is 0 Å². The summed E-state index contributed by atoms with van der Waals surface area (Å²) < 4.78 is 0. The highest BCUT2D eigenvalue weighted by Crippen LogP contribution is 2.18. The quantitative estimate of drug-likeness (QED) is 0.904. The molecule has 20 heavy (non-hydrogen) atoms. The molecule has 0 aromatic heterocycles. The summed E-state index contributed by atoms with van der Waals surface area (Å²) >= 11 is 0. The summed E-state index contributed by atoms with van der Waals surface area (Å²) in [4.78, 5) is 14.5. The number of carbonyl (C=O) groups excluding carboxylic acids is 1. The van der Waals surface area contributed by atoms with E-state index in [1.165, 1.54) is 0 Å². The van der Waals surface area contributed by atoms with Gasteiger partial charge in [0.1, 0.15) is 0 Å². The summed E-state index contributed by atoms with van der Waals surface area (Å²) in [6.45, 7) is 3.44. The van der Waals surface area contributed by atoms with Gasteiger partial charge in [0.2, 0.25) is 0 Å². The van der Waals surface area contributed by atoms with Crippen molar-refractivity contribution in [2.24, 2.45) is 0 Å². The van der Waals surface area contributed by atoms with Crippen LogP contribution in [-0.4, -0.2) is 26.0 Å². The molecule has 0 bridgehead atoms. The van der Waals surface area contributed by atoms with Crippen molar-refractivity contribution >= 4 is 11.6 Å². The molecule has 0 saturated carbocycles. The van der Waals surface area contributed by atoms with Gasteiger partial charge in [0.25, 0.3) is 5.91 Å². The molecule has 2 aromatic rings. The first kappa shape index (κ1) is 14.3. The molecule has 0 spiro atoms. The maximum atomic E-state index is 12.7. The molecule has 0 saturated heterocycles. The van der Waals surface area contributed by atoms with E-state index in [2.05, 4.69) is 5.32 Å². The normalized spacial score (nSPS) is 10.3. The Bertz CT molecular complexity index is 566. The van der Waals surface area contributed by atoms with Crippen molar-refractivity contribution in [2.45, 2.75) is 6.92 Å². The highest BCUT2D eigenvalue weighted by Gasteiger charge is 2.16. The van der Waals surface area contributed by atoms with Gasteiger partial charge in [-0.25, -0.2) is 0 Å². The largest absolute Gasteiger partial charge is 0.318 e. The fourth-order valence-corrected chi connectivity index (χ4v) is 2.10. The Morgan fingerprint density at radius 1 is 1.10 bits per heavy atom. The zero-order valence-corrected chi connectivity index (χ0v) is 12.0. The molecule has 0 heterocycles. The molecule has 3 nitrogen and oxygen atoms in total. The van der Waals surface area contributed by atoms with Crippen LogP contribution in [0.3, 0.4) is 0 Å². The lowest BCUT2D eigenvalue weighted by Gasteiger charge is -2.23. The Labute approximate surface area is 120 Å². The first-order chi connectivity index (χ1) is 9.72. The molecule has 2 aromatic carbocycles. The number of likely N-dealkylation sites (N-methyl/N-ethyl adjacent to an activating group) is 1. The molecule has 0 radical (unpaired) electrons. The van der Waals surface area contributed by atoms with E-state index >= 15 is 0 Å². The summed E-state index contributed by atoms with van der Waals surface area (Å²) in [6, 6.07) is 17.4. The van der Waals surface area contributed by atoms with Crippen LogP contribution in [0.25, 0.3) is 0 Å². The summed E-state index contributed by atoms with van der Waals surface area (Å²) in [5.41, 5.74) is 2.80. The molecule has 2 rings (SSSR count). The number of aryl methyl sites for hydroxylation is 1. The predicted molar refractivity (Wildman–Crippen MR) is 83.2 cm³/mol. The molecule has 0 unspecified atom stereocenters. The predicted octanol–water partition coefficient (Wildman–Crippen LogP) is 2.86. The van der Waals surface area contributed by atoms with Crippen LogP contribution in [0.4, 0.5) is 5.69 Å². The van der Waals surface area contributed by atoms with Gasteiger partial charge in [-0.2, -0.15) is 0 Å². The van der Waals surface area contributed by atoms with E-state index in [0.29, 0.717) is 12.1 Å². The summed E-state index contributed by atoms with van der Waals surface area (Å²) in [6.07, 6.45) is 0. The van der Waals surface area contributed by atoms with E-state index < -0.39 is 0 Å².